The summed E-state index contributed by atoms with van der Waals surface area (Å²) in [6, 6.07) is 16.1. The molecule has 0 bridgehead atoms. The van der Waals surface area contributed by atoms with Crippen LogP contribution in [0.3, 0.4) is 0 Å². The normalized spacial score (nSPS) is 10.7. The zero-order chi connectivity index (χ0) is 13.9. The highest BCUT2D eigenvalue weighted by Gasteiger charge is 2.09. The highest BCUT2D eigenvalue weighted by Crippen LogP contribution is 2.22. The molecule has 0 aliphatic heterocycles. The standard InChI is InChI=1S/C16H16N4/c1-11-4-2-3-5-14(11)16-18-15(19-20-16)13-8-6-12(10-17)7-9-13/h2-9H,10,17H2,1H3,(H,18,19,20). The molecule has 0 atom stereocenters. The van der Waals surface area contributed by atoms with Crippen molar-refractivity contribution in [1.29, 1.82) is 0 Å². The molecule has 4 heteroatoms. The predicted molar refractivity (Wildman–Crippen MR) is 79.9 cm³/mol. The lowest BCUT2D eigenvalue weighted by molar-refractivity contribution is 1.07. The molecule has 3 rings (SSSR count). The minimum absolute atomic E-state index is 0.544. The van der Waals surface area contributed by atoms with Gasteiger partial charge in [0.1, 0.15) is 0 Å². The van der Waals surface area contributed by atoms with Gasteiger partial charge in [0.15, 0.2) is 11.6 Å². The SMILES string of the molecule is Cc1ccccc1-c1nc(-c2ccc(CN)cc2)n[nH]1. The summed E-state index contributed by atoms with van der Waals surface area (Å²) in [4.78, 5) is 4.57. The Morgan fingerprint density at radius 2 is 1.80 bits per heavy atom. The van der Waals surface area contributed by atoms with Gasteiger partial charge in [0.25, 0.3) is 0 Å². The molecule has 2 aromatic carbocycles. The Bertz CT molecular complexity index is 713. The molecular weight excluding hydrogens is 248 g/mol. The van der Waals surface area contributed by atoms with Crippen LogP contribution in [0.1, 0.15) is 11.1 Å². The van der Waals surface area contributed by atoms with Crippen LogP contribution in [0.5, 0.6) is 0 Å². The lowest BCUT2D eigenvalue weighted by atomic mass is 10.1. The van der Waals surface area contributed by atoms with Crippen molar-refractivity contribution in [2.45, 2.75) is 13.5 Å². The molecule has 1 aromatic heterocycles. The zero-order valence-corrected chi connectivity index (χ0v) is 11.3. The van der Waals surface area contributed by atoms with Crippen molar-refractivity contribution in [2.75, 3.05) is 0 Å². The van der Waals surface area contributed by atoms with E-state index in [4.69, 9.17) is 5.73 Å². The van der Waals surface area contributed by atoms with Crippen LogP contribution in [-0.4, -0.2) is 15.2 Å². The number of hydrogen-bond acceptors (Lipinski definition) is 3. The van der Waals surface area contributed by atoms with Crippen LogP contribution in [-0.2, 0) is 6.54 Å². The Morgan fingerprint density at radius 1 is 1.05 bits per heavy atom. The number of H-pyrrole nitrogens is 1. The lowest BCUT2D eigenvalue weighted by Gasteiger charge is -2.00. The molecule has 0 saturated carbocycles. The molecule has 0 radical (unpaired) electrons. The number of aromatic nitrogens is 3. The summed E-state index contributed by atoms with van der Waals surface area (Å²) < 4.78 is 0. The monoisotopic (exact) mass is 264 g/mol. The fraction of sp³-hybridized carbons (Fsp3) is 0.125. The van der Waals surface area contributed by atoms with Crippen LogP contribution in [0.25, 0.3) is 22.8 Å². The Balaban J connectivity index is 1.95. The molecule has 4 nitrogen and oxygen atoms in total. The Hall–Kier alpha value is -2.46. The molecular formula is C16H16N4. The number of rotatable bonds is 3. The first-order chi connectivity index (χ1) is 9.78. The van der Waals surface area contributed by atoms with Crippen molar-refractivity contribution in [3.05, 3.63) is 59.7 Å². The molecule has 3 aromatic rings. The molecule has 0 aliphatic carbocycles. The molecule has 0 aliphatic rings. The van der Waals surface area contributed by atoms with Gasteiger partial charge in [0.05, 0.1) is 0 Å². The van der Waals surface area contributed by atoms with Crippen molar-refractivity contribution in [1.82, 2.24) is 15.2 Å². The van der Waals surface area contributed by atoms with Crippen LogP contribution in [0.15, 0.2) is 48.5 Å². The minimum Gasteiger partial charge on any atom is -0.326 e. The number of hydrogen-bond donors (Lipinski definition) is 2. The van der Waals surface area contributed by atoms with Crippen molar-refractivity contribution >= 4 is 0 Å². The lowest BCUT2D eigenvalue weighted by Crippen LogP contribution is -1.95. The van der Waals surface area contributed by atoms with E-state index in [1.807, 2.05) is 42.5 Å². The van der Waals surface area contributed by atoms with Gasteiger partial charge < -0.3 is 5.73 Å². The van der Waals surface area contributed by atoms with Gasteiger partial charge in [-0.25, -0.2) is 4.98 Å². The quantitative estimate of drug-likeness (QED) is 0.764. The summed E-state index contributed by atoms with van der Waals surface area (Å²) in [5, 5.41) is 7.30. The summed E-state index contributed by atoms with van der Waals surface area (Å²) in [6.45, 7) is 2.61. The number of nitrogens with two attached hydrogens (primary N) is 1. The van der Waals surface area contributed by atoms with Crippen molar-refractivity contribution in [3.63, 3.8) is 0 Å². The first kappa shape index (κ1) is 12.6. The molecule has 1 heterocycles. The maximum atomic E-state index is 5.60. The van der Waals surface area contributed by atoms with Gasteiger partial charge in [0.2, 0.25) is 0 Å². The van der Waals surface area contributed by atoms with Crippen LogP contribution >= 0.6 is 0 Å². The van der Waals surface area contributed by atoms with Gasteiger partial charge in [-0.15, -0.1) is 0 Å². The minimum atomic E-state index is 0.544. The third-order valence-electron chi connectivity index (χ3n) is 3.33. The third kappa shape index (κ3) is 2.33. The Kier molecular flexibility index (Phi) is 3.31. The number of aryl methyl sites for hydroxylation is 1. The van der Waals surface area contributed by atoms with Crippen LogP contribution in [0.2, 0.25) is 0 Å². The van der Waals surface area contributed by atoms with Gasteiger partial charge in [-0.3, -0.25) is 5.10 Å². The van der Waals surface area contributed by atoms with Gasteiger partial charge in [-0.2, -0.15) is 5.10 Å². The van der Waals surface area contributed by atoms with Crippen molar-refractivity contribution in [2.24, 2.45) is 5.73 Å². The third-order valence-corrected chi connectivity index (χ3v) is 3.33. The molecule has 3 N–H and O–H groups in total. The van der Waals surface area contributed by atoms with Crippen molar-refractivity contribution < 1.29 is 0 Å². The summed E-state index contributed by atoms with van der Waals surface area (Å²) >= 11 is 0. The number of nitrogens with zero attached hydrogens (tertiary/aromatic N) is 2. The van der Waals surface area contributed by atoms with Crippen LogP contribution in [0.4, 0.5) is 0 Å². The van der Waals surface area contributed by atoms with E-state index >= 15 is 0 Å². The van der Waals surface area contributed by atoms with Gasteiger partial charge in [-0.1, -0.05) is 48.5 Å². The largest absolute Gasteiger partial charge is 0.326 e. The first-order valence-corrected chi connectivity index (χ1v) is 6.55. The van der Waals surface area contributed by atoms with E-state index in [1.54, 1.807) is 0 Å². The van der Waals surface area contributed by atoms with Crippen LogP contribution < -0.4 is 5.73 Å². The summed E-state index contributed by atoms with van der Waals surface area (Å²) in [5.74, 6) is 1.49. The smallest absolute Gasteiger partial charge is 0.181 e. The molecule has 0 saturated heterocycles. The Labute approximate surface area is 117 Å². The second-order valence-corrected chi connectivity index (χ2v) is 4.72. The van der Waals surface area contributed by atoms with Gasteiger partial charge in [-0.05, 0) is 18.1 Å². The topological polar surface area (TPSA) is 67.6 Å². The first-order valence-electron chi connectivity index (χ1n) is 6.55. The second kappa shape index (κ2) is 5.27. The fourth-order valence-corrected chi connectivity index (χ4v) is 2.14. The van der Waals surface area contributed by atoms with Crippen molar-refractivity contribution in [3.8, 4) is 22.8 Å². The zero-order valence-electron chi connectivity index (χ0n) is 11.3. The fourth-order valence-electron chi connectivity index (χ4n) is 2.14. The van der Waals surface area contributed by atoms with E-state index in [1.165, 1.54) is 5.56 Å². The van der Waals surface area contributed by atoms with E-state index < -0.39 is 0 Å². The Morgan fingerprint density at radius 3 is 2.50 bits per heavy atom. The highest BCUT2D eigenvalue weighted by molar-refractivity contribution is 5.63. The average Bonchev–Trinajstić information content (AvgIpc) is 2.97. The average molecular weight is 264 g/mol. The number of aromatic amines is 1. The number of nitrogens with one attached hydrogen (secondary N) is 1. The summed E-state index contributed by atoms with van der Waals surface area (Å²) in [6.07, 6.45) is 0. The van der Waals surface area contributed by atoms with E-state index in [9.17, 15) is 0 Å². The predicted octanol–water partition coefficient (Wildman–Crippen LogP) is 2.91. The molecule has 0 unspecified atom stereocenters. The molecule has 0 amide bonds. The molecule has 100 valence electrons. The van der Waals surface area contributed by atoms with E-state index in [0.717, 1.165) is 22.5 Å². The highest BCUT2D eigenvalue weighted by atomic mass is 15.2. The summed E-state index contributed by atoms with van der Waals surface area (Å²) in [5.41, 5.74) is 9.93. The van der Waals surface area contributed by atoms with Gasteiger partial charge in [0, 0.05) is 17.7 Å². The maximum Gasteiger partial charge on any atom is 0.181 e. The molecule has 20 heavy (non-hydrogen) atoms. The van der Waals surface area contributed by atoms with Crippen LogP contribution in [0, 0.1) is 6.92 Å². The summed E-state index contributed by atoms with van der Waals surface area (Å²) in [7, 11) is 0. The van der Waals surface area contributed by atoms with E-state index in [2.05, 4.69) is 28.2 Å². The van der Waals surface area contributed by atoms with E-state index in [0.29, 0.717) is 12.4 Å². The number of benzene rings is 2. The van der Waals surface area contributed by atoms with E-state index in [-0.39, 0.29) is 0 Å². The maximum absolute atomic E-state index is 5.60. The van der Waals surface area contributed by atoms with Gasteiger partial charge >= 0.3 is 0 Å². The second-order valence-electron chi connectivity index (χ2n) is 4.72. The molecule has 0 fully saturated rings. The molecule has 0 spiro atoms.